The molecular formula is C10H21Br3Si. The Labute approximate surface area is 122 Å². The third kappa shape index (κ3) is 3.06. The van der Waals surface area contributed by atoms with Crippen LogP contribution in [-0.4, -0.2) is 10.2 Å². The molecule has 0 spiro atoms. The van der Waals surface area contributed by atoms with Crippen LogP contribution in [0.2, 0.25) is 0 Å². The summed E-state index contributed by atoms with van der Waals surface area (Å²) in [4.78, 5) is 0. The minimum Gasteiger partial charge on any atom is -0.114 e. The average molecular weight is 409 g/mol. The highest BCUT2D eigenvalue weighted by molar-refractivity contribution is 8.93. The molecule has 0 aliphatic heterocycles. The first-order chi connectivity index (χ1) is 4.89. The maximum atomic E-state index is 2.34. The van der Waals surface area contributed by atoms with Gasteiger partial charge in [-0.2, -0.15) is 0 Å². The van der Waals surface area contributed by atoms with Crippen molar-refractivity contribution < 1.29 is 0 Å². The minimum absolute atomic E-state index is 0. The number of allylic oxidation sites excluding steroid dienone is 4. The molecule has 0 fully saturated rings. The van der Waals surface area contributed by atoms with Crippen LogP contribution in [0.1, 0.15) is 34.6 Å². The van der Waals surface area contributed by atoms with E-state index in [1.54, 1.807) is 16.3 Å². The van der Waals surface area contributed by atoms with Crippen LogP contribution in [-0.2, 0) is 0 Å². The number of rotatable bonds is 0. The summed E-state index contributed by atoms with van der Waals surface area (Å²) in [5.74, 6) is 0. The Morgan fingerprint density at radius 3 is 1.29 bits per heavy atom. The lowest BCUT2D eigenvalue weighted by molar-refractivity contribution is 0.574. The van der Waals surface area contributed by atoms with Crippen LogP contribution in [0, 0.1) is 5.41 Å². The van der Waals surface area contributed by atoms with Crippen LogP contribution in [0.5, 0.6) is 0 Å². The third-order valence-electron chi connectivity index (χ3n) is 3.56. The van der Waals surface area contributed by atoms with Crippen molar-refractivity contribution >= 4 is 61.2 Å². The Morgan fingerprint density at radius 1 is 0.857 bits per heavy atom. The van der Waals surface area contributed by atoms with Gasteiger partial charge in [0.2, 0.25) is 0 Å². The molecule has 0 unspecified atom stereocenters. The summed E-state index contributed by atoms with van der Waals surface area (Å²) < 4.78 is 0. The number of hydrogen-bond donors (Lipinski definition) is 0. The summed E-state index contributed by atoms with van der Waals surface area (Å²) in [7, 11) is 1.21. The van der Waals surface area contributed by atoms with Gasteiger partial charge in [-0.3, -0.25) is 0 Å². The maximum Gasteiger partial charge on any atom is 0.0347 e. The van der Waals surface area contributed by atoms with Crippen molar-refractivity contribution in [1.82, 2.24) is 0 Å². The molecule has 0 saturated carbocycles. The van der Waals surface area contributed by atoms with Crippen molar-refractivity contribution in [3.63, 3.8) is 0 Å². The molecule has 0 saturated heterocycles. The van der Waals surface area contributed by atoms with E-state index in [1.807, 2.05) is 0 Å². The van der Waals surface area contributed by atoms with Crippen LogP contribution >= 0.6 is 50.9 Å². The molecule has 0 aromatic heterocycles. The third-order valence-corrected chi connectivity index (χ3v) is 5.56. The number of halogens is 3. The molecule has 0 aromatic rings. The van der Waals surface area contributed by atoms with Gasteiger partial charge in [-0.1, -0.05) is 30.2 Å². The largest absolute Gasteiger partial charge is 0.114 e. The Bertz CT molecular complexity index is 239. The van der Waals surface area contributed by atoms with Crippen molar-refractivity contribution in [2.24, 2.45) is 5.41 Å². The van der Waals surface area contributed by atoms with Gasteiger partial charge in [0, 0.05) is 15.7 Å². The van der Waals surface area contributed by atoms with Gasteiger partial charge in [-0.15, -0.1) is 50.9 Å². The first-order valence-electron chi connectivity index (χ1n) is 4.25. The molecule has 0 radical (unpaired) electrons. The van der Waals surface area contributed by atoms with E-state index in [-0.39, 0.29) is 50.9 Å². The van der Waals surface area contributed by atoms with Crippen LogP contribution in [0.4, 0.5) is 0 Å². The Kier molecular flexibility index (Phi) is 9.77. The SMILES string of the molecule is Br.Br.Br.CC1=C(C)C(C)(C)C([SiH3])=C1C. The monoisotopic (exact) mass is 406 g/mol. The molecule has 1 rings (SSSR count). The number of hydrogen-bond acceptors (Lipinski definition) is 0. The molecule has 4 heteroatoms. The lowest BCUT2D eigenvalue weighted by Crippen LogP contribution is -2.13. The zero-order valence-corrected chi connectivity index (χ0v) is 16.9. The summed E-state index contributed by atoms with van der Waals surface area (Å²) in [6, 6.07) is 0. The standard InChI is InChI=1S/C10H18Si.3BrH/c1-6-7(2)9(11)10(4,5)8(6)3;;;/h1-5,11H3;3*1H. The topological polar surface area (TPSA) is 0 Å². The normalized spacial score (nSPS) is 18.6. The van der Waals surface area contributed by atoms with Gasteiger partial charge < -0.3 is 0 Å². The quantitative estimate of drug-likeness (QED) is 0.535. The van der Waals surface area contributed by atoms with E-state index in [0.717, 1.165) is 0 Å². The van der Waals surface area contributed by atoms with Crippen molar-refractivity contribution in [3.05, 3.63) is 21.9 Å². The summed E-state index contributed by atoms with van der Waals surface area (Å²) in [6.07, 6.45) is 0. The summed E-state index contributed by atoms with van der Waals surface area (Å²) in [5, 5.41) is 1.67. The molecule has 0 nitrogen and oxygen atoms in total. The molecule has 0 aromatic carbocycles. The second kappa shape index (κ2) is 6.66. The highest BCUT2D eigenvalue weighted by Crippen LogP contribution is 2.44. The van der Waals surface area contributed by atoms with E-state index in [4.69, 9.17) is 0 Å². The molecule has 1 aliphatic carbocycles. The first kappa shape index (κ1) is 20.5. The van der Waals surface area contributed by atoms with Crippen molar-refractivity contribution in [2.45, 2.75) is 34.6 Å². The van der Waals surface area contributed by atoms with E-state index >= 15 is 0 Å². The van der Waals surface area contributed by atoms with Crippen LogP contribution in [0.25, 0.3) is 0 Å². The van der Waals surface area contributed by atoms with Gasteiger partial charge in [0.15, 0.2) is 0 Å². The zero-order chi connectivity index (χ0) is 8.81. The van der Waals surface area contributed by atoms with Crippen molar-refractivity contribution in [3.8, 4) is 0 Å². The second-order valence-electron chi connectivity index (χ2n) is 4.12. The Morgan fingerprint density at radius 2 is 1.21 bits per heavy atom. The van der Waals surface area contributed by atoms with Gasteiger partial charge >= 0.3 is 0 Å². The predicted octanol–water partition coefficient (Wildman–Crippen LogP) is 3.74. The fourth-order valence-corrected chi connectivity index (χ4v) is 2.53. The molecule has 86 valence electrons. The fraction of sp³-hybridized carbons (Fsp3) is 0.600. The van der Waals surface area contributed by atoms with Gasteiger partial charge in [0.05, 0.1) is 0 Å². The highest BCUT2D eigenvalue weighted by atomic mass is 79.9. The Hall–Kier alpha value is 1.14. The highest BCUT2D eigenvalue weighted by Gasteiger charge is 2.30. The fourth-order valence-electron chi connectivity index (χ4n) is 1.78. The van der Waals surface area contributed by atoms with Gasteiger partial charge in [0.25, 0.3) is 0 Å². The minimum atomic E-state index is 0. The van der Waals surface area contributed by atoms with E-state index in [9.17, 15) is 0 Å². The lowest BCUT2D eigenvalue weighted by Gasteiger charge is -2.23. The first-order valence-corrected chi connectivity index (χ1v) is 5.25. The second-order valence-corrected chi connectivity index (χ2v) is 5.12. The van der Waals surface area contributed by atoms with E-state index in [0.29, 0.717) is 5.41 Å². The van der Waals surface area contributed by atoms with E-state index in [1.165, 1.54) is 15.8 Å². The average Bonchev–Trinajstić information content (AvgIpc) is 2.06. The molecular weight excluding hydrogens is 388 g/mol. The molecule has 1 aliphatic rings. The lowest BCUT2D eigenvalue weighted by atomic mass is 9.87. The molecule has 0 N–H and O–H groups in total. The summed E-state index contributed by atoms with van der Waals surface area (Å²) >= 11 is 0. The zero-order valence-electron chi connectivity index (χ0n) is 9.72. The smallest absolute Gasteiger partial charge is 0.0347 e. The van der Waals surface area contributed by atoms with Crippen LogP contribution in [0.15, 0.2) is 21.9 Å². The van der Waals surface area contributed by atoms with Gasteiger partial charge in [-0.05, 0) is 26.3 Å². The predicted molar refractivity (Wildman–Crippen MR) is 85.8 cm³/mol. The Balaban J connectivity index is -0.000000403. The van der Waals surface area contributed by atoms with Crippen molar-refractivity contribution in [1.29, 1.82) is 0 Å². The molecule has 14 heavy (non-hydrogen) atoms. The van der Waals surface area contributed by atoms with Gasteiger partial charge in [0.1, 0.15) is 0 Å². The molecule has 0 heterocycles. The van der Waals surface area contributed by atoms with E-state index < -0.39 is 0 Å². The maximum absolute atomic E-state index is 2.34. The van der Waals surface area contributed by atoms with Crippen molar-refractivity contribution in [2.75, 3.05) is 0 Å². The van der Waals surface area contributed by atoms with Gasteiger partial charge in [-0.25, -0.2) is 0 Å². The van der Waals surface area contributed by atoms with E-state index in [2.05, 4.69) is 34.6 Å². The molecule has 0 amide bonds. The molecule has 0 bridgehead atoms. The summed E-state index contributed by atoms with van der Waals surface area (Å²) in [5.41, 5.74) is 5.03. The van der Waals surface area contributed by atoms with Crippen LogP contribution in [0.3, 0.4) is 0 Å². The van der Waals surface area contributed by atoms with Crippen LogP contribution < -0.4 is 0 Å². The molecule has 0 atom stereocenters. The summed E-state index contributed by atoms with van der Waals surface area (Å²) in [6.45, 7) is 11.5.